The van der Waals surface area contributed by atoms with Gasteiger partial charge in [-0.1, -0.05) is 13.3 Å². The standard InChI is InChI=1S/C10H19NO3/c1-2-3-9(11)10(12)14-7-8-4-5-13-6-8/h8-9H,2-7,11H2,1H3/t8?,9-/m1/s1. The maximum Gasteiger partial charge on any atom is 0.322 e. The molecule has 1 aliphatic rings. The van der Waals surface area contributed by atoms with E-state index in [9.17, 15) is 4.79 Å². The Morgan fingerprint density at radius 1 is 1.71 bits per heavy atom. The van der Waals surface area contributed by atoms with Gasteiger partial charge in [0.2, 0.25) is 0 Å². The van der Waals surface area contributed by atoms with Crippen LogP contribution in [0.1, 0.15) is 26.2 Å². The van der Waals surface area contributed by atoms with Crippen LogP contribution in [0.2, 0.25) is 0 Å². The first kappa shape index (κ1) is 11.5. The van der Waals surface area contributed by atoms with E-state index in [1.807, 2.05) is 6.92 Å². The summed E-state index contributed by atoms with van der Waals surface area (Å²) in [5, 5.41) is 0. The van der Waals surface area contributed by atoms with E-state index < -0.39 is 6.04 Å². The summed E-state index contributed by atoms with van der Waals surface area (Å²) in [5.74, 6) is 0.0894. The molecule has 1 heterocycles. The summed E-state index contributed by atoms with van der Waals surface area (Å²) >= 11 is 0. The molecule has 0 saturated carbocycles. The average Bonchev–Trinajstić information content (AvgIpc) is 2.67. The Morgan fingerprint density at radius 3 is 3.07 bits per heavy atom. The van der Waals surface area contributed by atoms with Crippen LogP contribution in [0.3, 0.4) is 0 Å². The van der Waals surface area contributed by atoms with E-state index in [-0.39, 0.29) is 5.97 Å². The molecule has 0 radical (unpaired) electrons. The fourth-order valence-electron chi connectivity index (χ4n) is 1.45. The summed E-state index contributed by atoms with van der Waals surface area (Å²) in [6, 6.07) is -0.456. The summed E-state index contributed by atoms with van der Waals surface area (Å²) in [7, 11) is 0. The molecule has 0 amide bonds. The lowest BCUT2D eigenvalue weighted by Gasteiger charge is -2.12. The van der Waals surface area contributed by atoms with Gasteiger partial charge in [0.05, 0.1) is 13.2 Å². The van der Waals surface area contributed by atoms with Gasteiger partial charge in [-0.2, -0.15) is 0 Å². The molecule has 0 aromatic rings. The molecule has 0 aliphatic carbocycles. The first-order chi connectivity index (χ1) is 6.74. The molecule has 0 aromatic carbocycles. The zero-order valence-corrected chi connectivity index (χ0v) is 8.70. The Balaban J connectivity index is 2.13. The van der Waals surface area contributed by atoms with E-state index in [4.69, 9.17) is 15.2 Å². The number of esters is 1. The van der Waals surface area contributed by atoms with Crippen LogP contribution in [0.15, 0.2) is 0 Å². The Bertz CT molecular complexity index is 178. The first-order valence-electron chi connectivity index (χ1n) is 5.24. The van der Waals surface area contributed by atoms with Gasteiger partial charge in [-0.05, 0) is 12.8 Å². The predicted molar refractivity (Wildman–Crippen MR) is 52.8 cm³/mol. The molecule has 4 heteroatoms. The molecule has 2 N–H and O–H groups in total. The van der Waals surface area contributed by atoms with Crippen molar-refractivity contribution in [2.45, 2.75) is 32.2 Å². The van der Waals surface area contributed by atoms with Crippen molar-refractivity contribution >= 4 is 5.97 Å². The molecule has 0 spiro atoms. The topological polar surface area (TPSA) is 61.6 Å². The molecule has 1 rings (SSSR count). The van der Waals surface area contributed by atoms with Crippen LogP contribution in [-0.2, 0) is 14.3 Å². The Morgan fingerprint density at radius 2 is 2.50 bits per heavy atom. The number of hydrogen-bond acceptors (Lipinski definition) is 4. The molecule has 1 fully saturated rings. The van der Waals surface area contributed by atoms with Crippen LogP contribution in [0.25, 0.3) is 0 Å². The highest BCUT2D eigenvalue weighted by molar-refractivity contribution is 5.75. The van der Waals surface area contributed by atoms with Crippen LogP contribution in [0.4, 0.5) is 0 Å². The molecule has 0 aromatic heterocycles. The highest BCUT2D eigenvalue weighted by atomic mass is 16.5. The zero-order chi connectivity index (χ0) is 10.4. The Labute approximate surface area is 84.7 Å². The van der Waals surface area contributed by atoms with E-state index in [0.717, 1.165) is 19.4 Å². The lowest BCUT2D eigenvalue weighted by atomic mass is 10.1. The molecule has 4 nitrogen and oxygen atoms in total. The van der Waals surface area contributed by atoms with E-state index in [2.05, 4.69) is 0 Å². The van der Waals surface area contributed by atoms with Crippen LogP contribution >= 0.6 is 0 Å². The van der Waals surface area contributed by atoms with Crippen molar-refractivity contribution in [2.75, 3.05) is 19.8 Å². The molecule has 82 valence electrons. The Kier molecular flexibility index (Phi) is 4.90. The molecule has 1 aliphatic heterocycles. The normalized spacial score (nSPS) is 23.4. The van der Waals surface area contributed by atoms with Crippen molar-refractivity contribution in [1.29, 1.82) is 0 Å². The van der Waals surface area contributed by atoms with Crippen LogP contribution < -0.4 is 5.73 Å². The zero-order valence-electron chi connectivity index (χ0n) is 8.70. The molecule has 14 heavy (non-hydrogen) atoms. The highest BCUT2D eigenvalue weighted by Crippen LogP contribution is 2.12. The monoisotopic (exact) mass is 201 g/mol. The third-order valence-electron chi connectivity index (χ3n) is 2.39. The van der Waals surface area contributed by atoms with Gasteiger partial charge in [0.1, 0.15) is 6.04 Å². The van der Waals surface area contributed by atoms with Gasteiger partial charge < -0.3 is 15.2 Å². The summed E-state index contributed by atoms with van der Waals surface area (Å²) in [6.45, 7) is 3.94. The minimum atomic E-state index is -0.456. The Hall–Kier alpha value is -0.610. The fraction of sp³-hybridized carbons (Fsp3) is 0.900. The minimum Gasteiger partial charge on any atom is -0.464 e. The van der Waals surface area contributed by atoms with Gasteiger partial charge in [0, 0.05) is 12.5 Å². The maximum atomic E-state index is 11.3. The number of nitrogens with two attached hydrogens (primary N) is 1. The molecular formula is C10H19NO3. The van der Waals surface area contributed by atoms with E-state index in [1.54, 1.807) is 0 Å². The largest absolute Gasteiger partial charge is 0.464 e. The quantitative estimate of drug-likeness (QED) is 0.665. The number of carbonyl (C=O) groups is 1. The molecular weight excluding hydrogens is 182 g/mol. The smallest absolute Gasteiger partial charge is 0.322 e. The summed E-state index contributed by atoms with van der Waals surface area (Å²) in [6.07, 6.45) is 2.58. The number of rotatable bonds is 5. The second-order valence-corrected chi connectivity index (χ2v) is 3.75. The van der Waals surface area contributed by atoms with Crippen LogP contribution in [-0.4, -0.2) is 31.8 Å². The van der Waals surface area contributed by atoms with Crippen molar-refractivity contribution in [2.24, 2.45) is 11.7 Å². The predicted octanol–water partition coefficient (Wildman–Crippen LogP) is 0.694. The molecule has 0 bridgehead atoms. The molecule has 1 unspecified atom stereocenters. The number of carbonyl (C=O) groups excluding carboxylic acids is 1. The second-order valence-electron chi connectivity index (χ2n) is 3.75. The maximum absolute atomic E-state index is 11.3. The SMILES string of the molecule is CCC[C@@H](N)C(=O)OCC1CCOC1. The number of hydrogen-bond donors (Lipinski definition) is 1. The molecule has 2 atom stereocenters. The summed E-state index contributed by atoms with van der Waals surface area (Å²) < 4.78 is 10.3. The number of ether oxygens (including phenoxy) is 2. The van der Waals surface area contributed by atoms with Crippen molar-refractivity contribution in [3.8, 4) is 0 Å². The van der Waals surface area contributed by atoms with Gasteiger partial charge in [-0.15, -0.1) is 0 Å². The van der Waals surface area contributed by atoms with E-state index in [0.29, 0.717) is 25.6 Å². The van der Waals surface area contributed by atoms with Crippen molar-refractivity contribution < 1.29 is 14.3 Å². The van der Waals surface area contributed by atoms with Crippen LogP contribution in [0, 0.1) is 5.92 Å². The summed E-state index contributed by atoms with van der Waals surface area (Å²) in [4.78, 5) is 11.3. The van der Waals surface area contributed by atoms with Gasteiger partial charge >= 0.3 is 5.97 Å². The summed E-state index contributed by atoms with van der Waals surface area (Å²) in [5.41, 5.74) is 5.61. The van der Waals surface area contributed by atoms with Gasteiger partial charge in [-0.3, -0.25) is 4.79 Å². The van der Waals surface area contributed by atoms with Gasteiger partial charge in [0.15, 0.2) is 0 Å². The lowest BCUT2D eigenvalue weighted by Crippen LogP contribution is -2.33. The van der Waals surface area contributed by atoms with E-state index in [1.165, 1.54) is 0 Å². The second kappa shape index (κ2) is 5.98. The van der Waals surface area contributed by atoms with Crippen LogP contribution in [0.5, 0.6) is 0 Å². The fourth-order valence-corrected chi connectivity index (χ4v) is 1.45. The lowest BCUT2D eigenvalue weighted by molar-refractivity contribution is -0.146. The molecule has 1 saturated heterocycles. The highest BCUT2D eigenvalue weighted by Gasteiger charge is 2.19. The van der Waals surface area contributed by atoms with Crippen molar-refractivity contribution in [3.05, 3.63) is 0 Å². The van der Waals surface area contributed by atoms with Crippen molar-refractivity contribution in [1.82, 2.24) is 0 Å². The third kappa shape index (κ3) is 3.64. The van der Waals surface area contributed by atoms with E-state index >= 15 is 0 Å². The first-order valence-corrected chi connectivity index (χ1v) is 5.24. The van der Waals surface area contributed by atoms with Gasteiger partial charge in [-0.25, -0.2) is 0 Å². The average molecular weight is 201 g/mol. The van der Waals surface area contributed by atoms with Gasteiger partial charge in [0.25, 0.3) is 0 Å². The third-order valence-corrected chi connectivity index (χ3v) is 2.39. The van der Waals surface area contributed by atoms with Crippen molar-refractivity contribution in [3.63, 3.8) is 0 Å². The minimum absolute atomic E-state index is 0.279.